The van der Waals surface area contributed by atoms with Crippen LogP contribution in [0.15, 0.2) is 47.4 Å². The Balaban J connectivity index is 1.72. The normalized spacial score (nSPS) is 25.5. The molecule has 5 rings (SSSR count). The molecule has 10 heteroatoms. The average molecular weight is 590 g/mol. The number of primary amides is 1. The lowest BCUT2D eigenvalue weighted by Crippen LogP contribution is -2.62. The number of phenolic OH excluding ortho intramolecular Hbond substituents is 1. The number of benzene rings is 1. The molecule has 0 spiro atoms. The summed E-state index contributed by atoms with van der Waals surface area (Å²) in [5.74, 6) is -7.86. The van der Waals surface area contributed by atoms with Gasteiger partial charge < -0.3 is 31.5 Å². The van der Waals surface area contributed by atoms with Gasteiger partial charge in [0.15, 0.2) is 11.4 Å². The molecular weight excluding hydrogens is 550 g/mol. The number of nitrogens with two attached hydrogens (primary N) is 1. The number of rotatable bonds is 6. The van der Waals surface area contributed by atoms with E-state index in [9.17, 15) is 34.8 Å². The van der Waals surface area contributed by atoms with Crippen LogP contribution in [0.5, 0.6) is 5.75 Å². The van der Waals surface area contributed by atoms with Crippen LogP contribution in [0.2, 0.25) is 0 Å². The number of aliphatic hydroxyl groups excluding tert-OH is 2. The van der Waals surface area contributed by atoms with E-state index in [1.54, 1.807) is 26.1 Å². The van der Waals surface area contributed by atoms with Crippen LogP contribution in [-0.4, -0.2) is 55.0 Å². The van der Waals surface area contributed by atoms with E-state index in [1.165, 1.54) is 0 Å². The number of Topliss-reactive ketones (excluding diaryl/α,β-unsaturated/α-hetero) is 2. The fourth-order valence-corrected chi connectivity index (χ4v) is 7.07. The van der Waals surface area contributed by atoms with E-state index < -0.39 is 63.8 Å². The number of aliphatic hydroxyl groups is 3. The van der Waals surface area contributed by atoms with Gasteiger partial charge in [-0.1, -0.05) is 40.7 Å². The Hall–Kier alpha value is -4.02. The third kappa shape index (κ3) is 4.82. The van der Waals surface area contributed by atoms with Crippen molar-refractivity contribution in [3.8, 4) is 17.0 Å². The minimum Gasteiger partial charge on any atom is -0.508 e. The summed E-state index contributed by atoms with van der Waals surface area (Å²) < 4.78 is 0. The van der Waals surface area contributed by atoms with E-state index in [2.05, 4.69) is 31.1 Å². The maximum absolute atomic E-state index is 14.2. The number of aromatic hydroxyl groups is 1. The number of ketones is 2. The lowest BCUT2D eigenvalue weighted by atomic mass is 9.54. The van der Waals surface area contributed by atoms with Crippen molar-refractivity contribution in [1.29, 1.82) is 0 Å². The van der Waals surface area contributed by atoms with Gasteiger partial charge in [-0.3, -0.25) is 19.4 Å². The molecule has 0 bridgehead atoms. The number of pyridine rings is 1. The Kier molecular flexibility index (Phi) is 7.51. The van der Waals surface area contributed by atoms with Crippen molar-refractivity contribution in [2.24, 2.45) is 34.8 Å². The molecule has 1 fully saturated rings. The quantitative estimate of drug-likeness (QED) is 0.275. The monoisotopic (exact) mass is 589 g/mol. The van der Waals surface area contributed by atoms with Crippen LogP contribution in [-0.2, 0) is 27.3 Å². The summed E-state index contributed by atoms with van der Waals surface area (Å²) in [4.78, 5) is 44.3. The lowest BCUT2D eigenvalue weighted by Gasteiger charge is -2.50. The van der Waals surface area contributed by atoms with Crippen molar-refractivity contribution in [2.45, 2.75) is 59.6 Å². The molecule has 1 heterocycles. The smallest absolute Gasteiger partial charge is 0.255 e. The molecule has 10 nitrogen and oxygen atoms in total. The van der Waals surface area contributed by atoms with Gasteiger partial charge in [-0.05, 0) is 53.9 Å². The molecule has 0 saturated heterocycles. The van der Waals surface area contributed by atoms with Gasteiger partial charge in [0.2, 0.25) is 5.78 Å². The second-order valence-electron chi connectivity index (χ2n) is 13.5. The van der Waals surface area contributed by atoms with Gasteiger partial charge in [-0.2, -0.15) is 0 Å². The zero-order chi connectivity index (χ0) is 31.6. The van der Waals surface area contributed by atoms with Crippen molar-refractivity contribution in [1.82, 2.24) is 10.3 Å². The average Bonchev–Trinajstić information content (AvgIpc) is 2.91. The molecule has 1 amide bonds. The van der Waals surface area contributed by atoms with E-state index in [1.807, 2.05) is 18.2 Å². The van der Waals surface area contributed by atoms with Crippen molar-refractivity contribution in [2.75, 3.05) is 6.54 Å². The van der Waals surface area contributed by atoms with Crippen LogP contribution < -0.4 is 11.1 Å². The molecule has 3 aliphatic carbocycles. The zero-order valence-electron chi connectivity index (χ0n) is 25.1. The van der Waals surface area contributed by atoms with Gasteiger partial charge in [-0.25, -0.2) is 0 Å². The van der Waals surface area contributed by atoms with E-state index in [0.717, 1.165) is 0 Å². The summed E-state index contributed by atoms with van der Waals surface area (Å²) in [7, 11) is 0. The molecule has 7 N–H and O–H groups in total. The molecule has 1 saturated carbocycles. The highest BCUT2D eigenvalue weighted by atomic mass is 16.3. The predicted molar refractivity (Wildman–Crippen MR) is 159 cm³/mol. The van der Waals surface area contributed by atoms with E-state index in [0.29, 0.717) is 28.9 Å². The van der Waals surface area contributed by atoms with Crippen LogP contribution in [0.4, 0.5) is 0 Å². The second kappa shape index (κ2) is 10.6. The summed E-state index contributed by atoms with van der Waals surface area (Å²) in [5, 5.41) is 49.5. The number of nitrogens with one attached hydrogen (secondary N) is 1. The minimum absolute atomic E-state index is 0.0278. The van der Waals surface area contributed by atoms with Crippen molar-refractivity contribution in [3.05, 3.63) is 64.1 Å². The van der Waals surface area contributed by atoms with Gasteiger partial charge in [-0.15, -0.1) is 0 Å². The lowest BCUT2D eigenvalue weighted by molar-refractivity contribution is -0.155. The highest BCUT2D eigenvalue weighted by Crippen LogP contribution is 2.55. The first-order valence-corrected chi connectivity index (χ1v) is 14.6. The highest BCUT2D eigenvalue weighted by molar-refractivity contribution is 6.23. The number of hydrogen-bond acceptors (Lipinski definition) is 9. The fraction of sp³-hybridized carbons (Fsp3) is 0.455. The SMILES string of the molecule is CC(C)[C@@H]1C(=O)C(C(N)=O)=C(O)[C@@]2(O)C(=O)C3=C(O)c4c(O)c(CNCC(C)(C)C)cc(-c5ccccn5)c4C[C@H]3C[C@@H]12. The first-order valence-electron chi connectivity index (χ1n) is 14.6. The molecule has 1 aromatic carbocycles. The van der Waals surface area contributed by atoms with Crippen molar-refractivity contribution >= 4 is 23.2 Å². The number of phenols is 1. The molecule has 228 valence electrons. The van der Waals surface area contributed by atoms with Crippen molar-refractivity contribution < 1.29 is 34.8 Å². The first kappa shape index (κ1) is 30.4. The largest absolute Gasteiger partial charge is 0.508 e. The molecule has 1 aromatic heterocycles. The maximum atomic E-state index is 14.2. The molecule has 0 aliphatic heterocycles. The molecular formula is C33H39N3O7. The molecule has 0 radical (unpaired) electrons. The van der Waals surface area contributed by atoms with Crippen LogP contribution in [0, 0.1) is 29.1 Å². The number of carbonyl (C=O) groups excluding carboxylic acids is 3. The van der Waals surface area contributed by atoms with Crippen LogP contribution >= 0.6 is 0 Å². The number of aromatic nitrogens is 1. The summed E-state index contributed by atoms with van der Waals surface area (Å²) in [6.45, 7) is 10.6. The Morgan fingerprint density at radius 2 is 1.88 bits per heavy atom. The van der Waals surface area contributed by atoms with E-state index >= 15 is 0 Å². The molecule has 43 heavy (non-hydrogen) atoms. The molecule has 0 unspecified atom stereocenters. The summed E-state index contributed by atoms with van der Waals surface area (Å²) >= 11 is 0. The molecule has 3 aliphatic rings. The van der Waals surface area contributed by atoms with Crippen LogP contribution in [0.1, 0.15) is 57.7 Å². The van der Waals surface area contributed by atoms with Crippen molar-refractivity contribution in [3.63, 3.8) is 0 Å². The number of hydrogen-bond donors (Lipinski definition) is 6. The number of nitrogens with zero attached hydrogens (tertiary/aromatic N) is 1. The Bertz CT molecular complexity index is 1590. The Morgan fingerprint density at radius 1 is 1.19 bits per heavy atom. The Morgan fingerprint density at radius 3 is 2.47 bits per heavy atom. The van der Waals surface area contributed by atoms with Crippen LogP contribution in [0.25, 0.3) is 17.0 Å². The topological polar surface area (TPSA) is 183 Å². The minimum atomic E-state index is -2.64. The fourth-order valence-electron chi connectivity index (χ4n) is 7.07. The van der Waals surface area contributed by atoms with E-state index in [4.69, 9.17) is 5.73 Å². The van der Waals surface area contributed by atoms with E-state index in [-0.39, 0.29) is 41.7 Å². The number of carbonyl (C=O) groups is 3. The second-order valence-corrected chi connectivity index (χ2v) is 13.5. The summed E-state index contributed by atoms with van der Waals surface area (Å²) in [6, 6.07) is 7.27. The predicted octanol–water partition coefficient (Wildman–Crippen LogP) is 3.50. The molecule has 2 aromatic rings. The third-order valence-corrected chi connectivity index (χ3v) is 8.96. The standard InChI is InChI=1S/C33H39N3O7/c1-15(2)22-20-12-16-10-19-18(21-8-6-7-9-36-21)11-17(13-35-14-32(3,4)5)26(37)24(19)28(39)23(16)29(40)33(20,43)30(41)25(27(22)38)31(34)42/h6-9,11,15-16,20,22,35,37,39,41,43H,10,12-14H2,1-5H3,(H2,34,42)/t16-,20-,22-,33-/m0/s1. The molecule has 4 atom stereocenters. The summed E-state index contributed by atoms with van der Waals surface area (Å²) in [5.41, 5.74) is 4.21. The van der Waals surface area contributed by atoms with Gasteiger partial charge in [0, 0.05) is 47.8 Å². The number of amides is 1. The zero-order valence-corrected chi connectivity index (χ0v) is 25.1. The highest BCUT2D eigenvalue weighted by Gasteiger charge is 2.64. The van der Waals surface area contributed by atoms with Gasteiger partial charge in [0.25, 0.3) is 5.91 Å². The number of fused-ring (bicyclic) bond motifs is 3. The Labute approximate surface area is 250 Å². The third-order valence-electron chi connectivity index (χ3n) is 8.96. The summed E-state index contributed by atoms with van der Waals surface area (Å²) in [6.07, 6.45) is 1.91. The van der Waals surface area contributed by atoms with Gasteiger partial charge in [0.05, 0.1) is 11.3 Å². The van der Waals surface area contributed by atoms with Gasteiger partial charge >= 0.3 is 0 Å². The maximum Gasteiger partial charge on any atom is 0.255 e. The van der Waals surface area contributed by atoms with Crippen LogP contribution in [0.3, 0.4) is 0 Å². The first-order chi connectivity index (χ1) is 20.1. The van der Waals surface area contributed by atoms with Gasteiger partial charge in [0.1, 0.15) is 22.8 Å².